The van der Waals surface area contributed by atoms with Crippen LogP contribution in [0.4, 0.5) is 0 Å². The van der Waals surface area contributed by atoms with Crippen LogP contribution in [-0.2, 0) is 28.5 Å². The third-order valence-electron chi connectivity index (χ3n) is 12.8. The largest absolute Gasteiger partial charge is 0.458 e. The first-order valence-electron chi connectivity index (χ1n) is 13.7. The molecule has 4 aliphatic carbocycles. The predicted octanol–water partition coefficient (Wildman–Crippen LogP) is 2.19. The van der Waals surface area contributed by atoms with E-state index in [1.807, 2.05) is 6.08 Å². The van der Waals surface area contributed by atoms with E-state index in [0.29, 0.717) is 19.3 Å². The lowest BCUT2D eigenvalue weighted by Crippen LogP contribution is -2.80. The van der Waals surface area contributed by atoms with Crippen molar-refractivity contribution in [3.63, 3.8) is 0 Å². The van der Waals surface area contributed by atoms with Gasteiger partial charge in [0.2, 0.25) is 5.79 Å². The van der Waals surface area contributed by atoms with Gasteiger partial charge in [0.1, 0.15) is 17.8 Å². The highest BCUT2D eigenvalue weighted by Crippen LogP contribution is 2.75. The van der Waals surface area contributed by atoms with Crippen molar-refractivity contribution in [2.75, 3.05) is 0 Å². The zero-order valence-electron chi connectivity index (χ0n) is 21.4. The normalized spacial score (nSPS) is 65.9. The molecule has 2 spiro atoms. The average molecular weight is 501 g/mol. The molecule has 9 aliphatic rings. The Labute approximate surface area is 210 Å². The molecule has 0 aromatic carbocycles. The van der Waals surface area contributed by atoms with E-state index in [4.69, 9.17) is 18.9 Å². The fourth-order valence-electron chi connectivity index (χ4n) is 10.3. The second-order valence-corrected chi connectivity index (χ2v) is 13.9. The summed E-state index contributed by atoms with van der Waals surface area (Å²) >= 11 is 0. The highest BCUT2D eigenvalue weighted by atomic mass is 16.8. The van der Waals surface area contributed by atoms with Crippen LogP contribution < -0.4 is 0 Å². The number of hydrogen-bond donors (Lipinski definition) is 2. The molecule has 13 atom stereocenters. The first kappa shape index (κ1) is 22.6. The minimum atomic E-state index is -1.59. The summed E-state index contributed by atoms with van der Waals surface area (Å²) in [5.41, 5.74) is -5.89. The first-order chi connectivity index (χ1) is 16.8. The fraction of sp³-hybridized carbons (Fsp3) is 0.857. The third-order valence-corrected chi connectivity index (χ3v) is 12.8. The Bertz CT molecular complexity index is 1150. The Balaban J connectivity index is 1.26. The van der Waals surface area contributed by atoms with Crippen molar-refractivity contribution in [2.24, 2.45) is 28.6 Å². The molecule has 36 heavy (non-hydrogen) atoms. The number of carbonyl (C=O) groups excluding carboxylic acids is 2. The van der Waals surface area contributed by atoms with Crippen LogP contribution in [0.25, 0.3) is 0 Å². The number of fused-ring (bicyclic) bond motifs is 7. The molecule has 196 valence electrons. The van der Waals surface area contributed by atoms with E-state index < -0.39 is 51.1 Å². The second-order valence-electron chi connectivity index (χ2n) is 13.9. The molecule has 0 aromatic rings. The summed E-state index contributed by atoms with van der Waals surface area (Å²) < 4.78 is 26.3. The quantitative estimate of drug-likeness (QED) is 0.416. The summed E-state index contributed by atoms with van der Waals surface area (Å²) in [6.45, 7) is 7.64. The van der Waals surface area contributed by atoms with Crippen LogP contribution in [0, 0.1) is 28.6 Å². The van der Waals surface area contributed by atoms with E-state index in [2.05, 4.69) is 13.8 Å². The molecule has 2 unspecified atom stereocenters. The molecule has 9 rings (SSSR count). The highest BCUT2D eigenvalue weighted by Gasteiger charge is 2.87. The highest BCUT2D eigenvalue weighted by molar-refractivity contribution is 5.98. The van der Waals surface area contributed by atoms with Gasteiger partial charge < -0.3 is 29.2 Å². The molecule has 4 bridgehead atoms. The van der Waals surface area contributed by atoms with Crippen molar-refractivity contribution < 1.29 is 38.7 Å². The molecular weight excluding hydrogens is 464 g/mol. The van der Waals surface area contributed by atoms with Crippen LogP contribution in [0.5, 0.6) is 0 Å². The topological polar surface area (TPSA) is 115 Å². The van der Waals surface area contributed by atoms with Gasteiger partial charge in [-0.25, -0.2) is 0 Å². The van der Waals surface area contributed by atoms with Gasteiger partial charge in [-0.2, -0.15) is 0 Å². The van der Waals surface area contributed by atoms with Crippen molar-refractivity contribution in [1.29, 1.82) is 0 Å². The van der Waals surface area contributed by atoms with Gasteiger partial charge in [-0.05, 0) is 64.4 Å². The Morgan fingerprint density at radius 1 is 1.06 bits per heavy atom. The minimum Gasteiger partial charge on any atom is -0.458 e. The van der Waals surface area contributed by atoms with E-state index in [0.717, 1.165) is 12.8 Å². The van der Waals surface area contributed by atoms with Gasteiger partial charge in [-0.15, -0.1) is 0 Å². The molecule has 5 aliphatic heterocycles. The summed E-state index contributed by atoms with van der Waals surface area (Å²) in [7, 11) is 0. The molecule has 5 saturated heterocycles. The molecule has 2 N–H and O–H groups in total. The van der Waals surface area contributed by atoms with Crippen LogP contribution in [0.1, 0.15) is 72.6 Å². The maximum Gasteiger partial charge on any atom is 0.315 e. The van der Waals surface area contributed by atoms with Crippen LogP contribution in [0.3, 0.4) is 0 Å². The number of carbonyl (C=O) groups is 2. The zero-order chi connectivity index (χ0) is 25.3. The predicted molar refractivity (Wildman–Crippen MR) is 123 cm³/mol. The van der Waals surface area contributed by atoms with E-state index >= 15 is 0 Å². The van der Waals surface area contributed by atoms with Crippen LogP contribution >= 0.6 is 0 Å². The molecule has 0 aromatic heterocycles. The number of allylic oxidation sites excluding steroid dienone is 1. The molecule has 8 heteroatoms. The summed E-state index contributed by atoms with van der Waals surface area (Å²) in [4.78, 5) is 26.3. The van der Waals surface area contributed by atoms with Crippen molar-refractivity contribution in [1.82, 2.24) is 0 Å². The number of ether oxygens (including phenoxy) is 4. The zero-order valence-corrected chi connectivity index (χ0v) is 21.4. The number of esters is 1. The number of epoxide rings is 1. The van der Waals surface area contributed by atoms with E-state index in [1.165, 1.54) is 0 Å². The molecule has 8 nitrogen and oxygen atoms in total. The minimum absolute atomic E-state index is 0.0106. The number of hydrogen-bond acceptors (Lipinski definition) is 8. The summed E-state index contributed by atoms with van der Waals surface area (Å²) in [6, 6.07) is 0. The molecule has 5 heterocycles. The standard InChI is InChI=1S/C28H36O8/c1-14-7-8-15-18-19(20-27(35-20)9-5-6-16(29)24(15,27)4)34-28(11-10-25(14,18)36-28)26(32)13-22(2)21(30)33-17(26)12-23(22,3)31/h5-6,14-15,17-20,31-32H,7-13H2,1-4H3/t14-,15+,17?,18+,19+,20-,22?,23-,24+,25+,26+,27-,28-/m1/s1. The Kier molecular flexibility index (Phi) is 3.75. The van der Waals surface area contributed by atoms with Crippen molar-refractivity contribution in [3.8, 4) is 0 Å². The van der Waals surface area contributed by atoms with Gasteiger partial charge in [0, 0.05) is 25.2 Å². The smallest absolute Gasteiger partial charge is 0.315 e. The van der Waals surface area contributed by atoms with E-state index in [1.54, 1.807) is 19.9 Å². The molecule has 0 radical (unpaired) electrons. The lowest BCUT2D eigenvalue weighted by molar-refractivity contribution is -0.438. The SMILES string of the molecule is C[C@@H]1CC[C@H]2[C@H]3[C@H](O[C@]4([C@]5(O)CC6(C)C(=O)OC5C[C@@]6(C)O)CC[C@@]31O4)[C@H]1O[C@]13CC=CC(=O)[C@]23C. The number of aliphatic hydroxyl groups is 2. The first-order valence-corrected chi connectivity index (χ1v) is 13.7. The molecule has 8 fully saturated rings. The number of ketones is 1. The lowest BCUT2D eigenvalue weighted by Gasteiger charge is -2.67. The monoisotopic (exact) mass is 500 g/mol. The van der Waals surface area contributed by atoms with Crippen molar-refractivity contribution in [2.45, 2.75) is 119 Å². The van der Waals surface area contributed by atoms with Crippen LogP contribution in [-0.4, -0.2) is 68.5 Å². The summed E-state index contributed by atoms with van der Waals surface area (Å²) in [6.07, 6.45) is 6.05. The maximum absolute atomic E-state index is 13.5. The third kappa shape index (κ3) is 2.01. The Morgan fingerprint density at radius 3 is 2.58 bits per heavy atom. The molecule has 0 amide bonds. The fourth-order valence-corrected chi connectivity index (χ4v) is 10.3. The maximum atomic E-state index is 13.5. The molecule has 3 saturated carbocycles. The van der Waals surface area contributed by atoms with Crippen molar-refractivity contribution in [3.05, 3.63) is 12.2 Å². The van der Waals surface area contributed by atoms with Gasteiger partial charge >= 0.3 is 5.97 Å². The van der Waals surface area contributed by atoms with Crippen LogP contribution in [0.2, 0.25) is 0 Å². The van der Waals surface area contributed by atoms with E-state index in [-0.39, 0.29) is 48.6 Å². The molecular formula is C28H36O8. The Hall–Kier alpha value is -1.32. The summed E-state index contributed by atoms with van der Waals surface area (Å²) in [5, 5.41) is 23.6. The van der Waals surface area contributed by atoms with Gasteiger partial charge in [0.05, 0.1) is 28.1 Å². The second kappa shape index (κ2) is 5.96. The average Bonchev–Trinajstić information content (AvgIpc) is 3.46. The lowest BCUT2D eigenvalue weighted by atomic mass is 9.45. The van der Waals surface area contributed by atoms with Gasteiger partial charge in [0.25, 0.3) is 0 Å². The number of rotatable bonds is 1. The van der Waals surface area contributed by atoms with Gasteiger partial charge in [-0.1, -0.05) is 13.0 Å². The van der Waals surface area contributed by atoms with Crippen LogP contribution in [0.15, 0.2) is 12.2 Å². The van der Waals surface area contributed by atoms with E-state index in [9.17, 15) is 19.8 Å². The van der Waals surface area contributed by atoms with Crippen molar-refractivity contribution >= 4 is 11.8 Å². The summed E-state index contributed by atoms with van der Waals surface area (Å²) in [5.74, 6) is -1.42. The van der Waals surface area contributed by atoms with Gasteiger partial charge in [-0.3, -0.25) is 9.59 Å². The Morgan fingerprint density at radius 2 is 1.83 bits per heavy atom. The van der Waals surface area contributed by atoms with Gasteiger partial charge in [0.15, 0.2) is 11.4 Å².